The monoisotopic (exact) mass is 295 g/mol. The van der Waals surface area contributed by atoms with Crippen molar-refractivity contribution < 1.29 is 0 Å². The molecule has 1 aromatic carbocycles. The fourth-order valence-electron chi connectivity index (χ4n) is 2.67. The van der Waals surface area contributed by atoms with E-state index in [1.54, 1.807) is 0 Å². The standard InChI is InChI=1S/C15H22BrN/c1-3-12(2)17-10-4-5-14(11-17)13-6-8-15(16)9-7-13/h6-9,12,14H,3-5,10-11H2,1-2H3. The van der Waals surface area contributed by atoms with Crippen molar-refractivity contribution in [3.8, 4) is 0 Å². The Morgan fingerprint density at radius 2 is 2.06 bits per heavy atom. The van der Waals surface area contributed by atoms with Gasteiger partial charge in [0.25, 0.3) is 0 Å². The number of rotatable bonds is 3. The third kappa shape index (κ3) is 3.32. The van der Waals surface area contributed by atoms with Crippen LogP contribution in [-0.4, -0.2) is 24.0 Å². The number of piperidine rings is 1. The van der Waals surface area contributed by atoms with Crippen LogP contribution in [-0.2, 0) is 0 Å². The van der Waals surface area contributed by atoms with Gasteiger partial charge in [0, 0.05) is 17.1 Å². The first kappa shape index (κ1) is 13.1. The van der Waals surface area contributed by atoms with E-state index < -0.39 is 0 Å². The first-order valence-corrected chi connectivity index (χ1v) is 7.49. The van der Waals surface area contributed by atoms with E-state index in [-0.39, 0.29) is 0 Å². The third-order valence-corrected chi connectivity index (χ3v) is 4.54. The molecular formula is C15H22BrN. The minimum Gasteiger partial charge on any atom is -0.300 e. The summed E-state index contributed by atoms with van der Waals surface area (Å²) in [5, 5.41) is 0. The summed E-state index contributed by atoms with van der Waals surface area (Å²) in [6.07, 6.45) is 3.94. The molecule has 2 heteroatoms. The second-order valence-corrected chi connectivity index (χ2v) is 6.06. The molecule has 1 fully saturated rings. The van der Waals surface area contributed by atoms with Gasteiger partial charge in [0.15, 0.2) is 0 Å². The van der Waals surface area contributed by atoms with E-state index >= 15 is 0 Å². The lowest BCUT2D eigenvalue weighted by Gasteiger charge is -2.36. The molecule has 0 saturated carbocycles. The van der Waals surface area contributed by atoms with Gasteiger partial charge in [-0.25, -0.2) is 0 Å². The van der Waals surface area contributed by atoms with Gasteiger partial charge in [-0.05, 0) is 56.3 Å². The normalized spacial score (nSPS) is 23.6. The van der Waals surface area contributed by atoms with Gasteiger partial charge in [0.05, 0.1) is 0 Å². The van der Waals surface area contributed by atoms with Crippen LogP contribution in [0.3, 0.4) is 0 Å². The maximum atomic E-state index is 3.51. The Balaban J connectivity index is 2.04. The van der Waals surface area contributed by atoms with Gasteiger partial charge >= 0.3 is 0 Å². The Hall–Kier alpha value is -0.340. The van der Waals surface area contributed by atoms with Crippen LogP contribution in [0.4, 0.5) is 0 Å². The van der Waals surface area contributed by atoms with Gasteiger partial charge in [0.1, 0.15) is 0 Å². The number of hydrogen-bond donors (Lipinski definition) is 0. The largest absolute Gasteiger partial charge is 0.300 e. The van der Waals surface area contributed by atoms with Gasteiger partial charge in [-0.1, -0.05) is 35.0 Å². The highest BCUT2D eigenvalue weighted by molar-refractivity contribution is 9.10. The van der Waals surface area contributed by atoms with Crippen LogP contribution in [0.5, 0.6) is 0 Å². The Morgan fingerprint density at radius 3 is 2.71 bits per heavy atom. The van der Waals surface area contributed by atoms with Crippen LogP contribution in [0, 0.1) is 0 Å². The number of nitrogens with zero attached hydrogens (tertiary/aromatic N) is 1. The maximum Gasteiger partial charge on any atom is 0.0175 e. The first-order valence-electron chi connectivity index (χ1n) is 6.70. The fourth-order valence-corrected chi connectivity index (χ4v) is 2.94. The Bertz CT molecular complexity index is 346. The summed E-state index contributed by atoms with van der Waals surface area (Å²) in [4.78, 5) is 2.65. The first-order chi connectivity index (χ1) is 8.20. The quantitative estimate of drug-likeness (QED) is 0.797. The van der Waals surface area contributed by atoms with Gasteiger partial charge in [0.2, 0.25) is 0 Å². The second kappa shape index (κ2) is 6.01. The maximum absolute atomic E-state index is 3.51. The van der Waals surface area contributed by atoms with E-state index in [0.717, 1.165) is 12.0 Å². The van der Waals surface area contributed by atoms with Crippen molar-refractivity contribution in [2.45, 2.75) is 45.1 Å². The average molecular weight is 296 g/mol. The molecule has 0 spiro atoms. The number of likely N-dealkylation sites (tertiary alicyclic amines) is 1. The molecule has 0 aromatic heterocycles. The zero-order valence-electron chi connectivity index (χ0n) is 10.8. The predicted octanol–water partition coefficient (Wildman–Crippen LogP) is 4.43. The molecule has 1 heterocycles. The minimum absolute atomic E-state index is 0.728. The highest BCUT2D eigenvalue weighted by Crippen LogP contribution is 2.29. The minimum atomic E-state index is 0.728. The van der Waals surface area contributed by atoms with Crippen LogP contribution >= 0.6 is 15.9 Å². The van der Waals surface area contributed by atoms with Crippen LogP contribution in [0.1, 0.15) is 44.6 Å². The highest BCUT2D eigenvalue weighted by atomic mass is 79.9. The lowest BCUT2D eigenvalue weighted by molar-refractivity contribution is 0.154. The van der Waals surface area contributed by atoms with Gasteiger partial charge in [-0.15, -0.1) is 0 Å². The van der Waals surface area contributed by atoms with Gasteiger partial charge in [-0.2, -0.15) is 0 Å². The molecule has 2 rings (SSSR count). The van der Waals surface area contributed by atoms with Crippen molar-refractivity contribution in [1.82, 2.24) is 4.90 Å². The van der Waals surface area contributed by atoms with Gasteiger partial charge in [-0.3, -0.25) is 0 Å². The van der Waals surface area contributed by atoms with E-state index in [9.17, 15) is 0 Å². The molecule has 0 aliphatic carbocycles. The zero-order chi connectivity index (χ0) is 12.3. The van der Waals surface area contributed by atoms with E-state index in [2.05, 4.69) is 58.9 Å². The third-order valence-electron chi connectivity index (χ3n) is 4.01. The van der Waals surface area contributed by atoms with Crippen molar-refractivity contribution in [1.29, 1.82) is 0 Å². The molecule has 1 aliphatic rings. The Kier molecular flexibility index (Phi) is 4.63. The summed E-state index contributed by atoms with van der Waals surface area (Å²) in [6.45, 7) is 7.15. The van der Waals surface area contributed by atoms with E-state index in [0.29, 0.717) is 0 Å². The molecule has 0 radical (unpaired) electrons. The molecule has 17 heavy (non-hydrogen) atoms. The summed E-state index contributed by atoms with van der Waals surface area (Å²) >= 11 is 3.51. The molecule has 1 nitrogen and oxygen atoms in total. The molecular weight excluding hydrogens is 274 g/mol. The van der Waals surface area contributed by atoms with Crippen LogP contribution in [0.25, 0.3) is 0 Å². The molecule has 0 bridgehead atoms. The summed E-state index contributed by atoms with van der Waals surface area (Å²) in [5.41, 5.74) is 1.50. The molecule has 1 saturated heterocycles. The zero-order valence-corrected chi connectivity index (χ0v) is 12.4. The SMILES string of the molecule is CCC(C)N1CCCC(c2ccc(Br)cc2)C1. The van der Waals surface area contributed by atoms with Crippen LogP contribution < -0.4 is 0 Å². The molecule has 2 atom stereocenters. The highest BCUT2D eigenvalue weighted by Gasteiger charge is 2.23. The van der Waals surface area contributed by atoms with Crippen LogP contribution in [0.2, 0.25) is 0 Å². The second-order valence-electron chi connectivity index (χ2n) is 5.14. The van der Waals surface area contributed by atoms with E-state index in [1.165, 1.54) is 42.4 Å². The summed E-state index contributed by atoms with van der Waals surface area (Å²) in [6, 6.07) is 9.60. The van der Waals surface area contributed by atoms with Crippen molar-refractivity contribution in [2.75, 3.05) is 13.1 Å². The van der Waals surface area contributed by atoms with Crippen molar-refractivity contribution in [3.63, 3.8) is 0 Å². The van der Waals surface area contributed by atoms with Crippen LogP contribution in [0.15, 0.2) is 28.7 Å². The fraction of sp³-hybridized carbons (Fsp3) is 0.600. The topological polar surface area (TPSA) is 3.24 Å². The Morgan fingerprint density at radius 1 is 1.35 bits per heavy atom. The lowest BCUT2D eigenvalue weighted by Crippen LogP contribution is -2.40. The van der Waals surface area contributed by atoms with Gasteiger partial charge < -0.3 is 4.90 Å². The summed E-state index contributed by atoms with van der Waals surface area (Å²) in [5.74, 6) is 0.728. The Labute approximate surface area is 113 Å². The summed E-state index contributed by atoms with van der Waals surface area (Å²) in [7, 11) is 0. The van der Waals surface area contributed by atoms with E-state index in [4.69, 9.17) is 0 Å². The smallest absolute Gasteiger partial charge is 0.0175 e. The molecule has 94 valence electrons. The van der Waals surface area contributed by atoms with Crippen molar-refractivity contribution in [2.24, 2.45) is 0 Å². The van der Waals surface area contributed by atoms with Crippen molar-refractivity contribution >= 4 is 15.9 Å². The van der Waals surface area contributed by atoms with E-state index in [1.807, 2.05) is 0 Å². The number of hydrogen-bond acceptors (Lipinski definition) is 1. The average Bonchev–Trinajstić information content (AvgIpc) is 2.39. The van der Waals surface area contributed by atoms with Crippen molar-refractivity contribution in [3.05, 3.63) is 34.3 Å². The predicted molar refractivity (Wildman–Crippen MR) is 77.4 cm³/mol. The molecule has 0 amide bonds. The lowest BCUT2D eigenvalue weighted by atomic mass is 9.90. The number of halogens is 1. The molecule has 2 unspecified atom stereocenters. The molecule has 1 aliphatic heterocycles. The number of benzene rings is 1. The molecule has 1 aromatic rings. The summed E-state index contributed by atoms with van der Waals surface area (Å²) < 4.78 is 1.18. The molecule has 0 N–H and O–H groups in total.